The first-order chi connectivity index (χ1) is 8.85. The van der Waals surface area contributed by atoms with Crippen molar-refractivity contribution in [3.63, 3.8) is 0 Å². The van der Waals surface area contributed by atoms with E-state index >= 15 is 0 Å². The first-order valence-electron chi connectivity index (χ1n) is 7.59. The van der Waals surface area contributed by atoms with Gasteiger partial charge in [-0.2, -0.15) is 0 Å². The van der Waals surface area contributed by atoms with Crippen molar-refractivity contribution in [1.29, 1.82) is 0 Å². The van der Waals surface area contributed by atoms with Gasteiger partial charge in [0.1, 0.15) is 0 Å². The highest BCUT2D eigenvalue weighted by Gasteiger charge is 2.61. The summed E-state index contributed by atoms with van der Waals surface area (Å²) in [6.45, 7) is 9.42. The molecule has 4 nitrogen and oxygen atoms in total. The Labute approximate surface area is 115 Å². The van der Waals surface area contributed by atoms with Crippen LogP contribution in [0.2, 0.25) is 0 Å². The Bertz CT molecular complexity index is 388. The molecule has 2 saturated heterocycles. The van der Waals surface area contributed by atoms with Crippen molar-refractivity contribution in [3.8, 4) is 0 Å². The minimum atomic E-state index is -0.197. The Morgan fingerprint density at radius 1 is 1.37 bits per heavy atom. The zero-order valence-electron chi connectivity index (χ0n) is 12.5. The number of amides is 1. The fourth-order valence-corrected chi connectivity index (χ4v) is 3.59. The summed E-state index contributed by atoms with van der Waals surface area (Å²) in [7, 11) is 0. The van der Waals surface area contributed by atoms with Gasteiger partial charge in [0.2, 0.25) is 5.91 Å². The predicted octanol–water partition coefficient (Wildman–Crippen LogP) is 1.89. The van der Waals surface area contributed by atoms with Crippen LogP contribution in [-0.2, 0) is 9.53 Å². The average Bonchev–Trinajstić information content (AvgIpc) is 3.01. The number of nitrogens with zero attached hydrogens (tertiary/aromatic N) is 1. The van der Waals surface area contributed by atoms with E-state index in [4.69, 9.17) is 4.74 Å². The van der Waals surface area contributed by atoms with Crippen molar-refractivity contribution < 1.29 is 9.53 Å². The molecule has 0 aromatic heterocycles. The monoisotopic (exact) mass is 266 g/mol. The maximum Gasteiger partial charge on any atom is 0.244 e. The van der Waals surface area contributed by atoms with E-state index < -0.39 is 0 Å². The molecule has 0 aromatic carbocycles. The van der Waals surface area contributed by atoms with Crippen molar-refractivity contribution in [3.05, 3.63) is 0 Å². The van der Waals surface area contributed by atoms with Crippen LogP contribution in [0.3, 0.4) is 0 Å². The third kappa shape index (κ3) is 2.19. The van der Waals surface area contributed by atoms with Gasteiger partial charge in [0.05, 0.1) is 17.3 Å². The smallest absolute Gasteiger partial charge is 0.244 e. The quantitative estimate of drug-likeness (QED) is 0.830. The molecule has 1 N–H and O–H groups in total. The lowest BCUT2D eigenvalue weighted by Crippen LogP contribution is -2.52. The summed E-state index contributed by atoms with van der Waals surface area (Å²) in [5, 5.41) is 3.60. The van der Waals surface area contributed by atoms with Gasteiger partial charge in [-0.3, -0.25) is 10.1 Å². The molecule has 19 heavy (non-hydrogen) atoms. The number of hydrogen-bond donors (Lipinski definition) is 1. The van der Waals surface area contributed by atoms with Gasteiger partial charge in [0.25, 0.3) is 0 Å². The highest BCUT2D eigenvalue weighted by atomic mass is 16.5. The van der Waals surface area contributed by atoms with E-state index in [0.717, 1.165) is 32.3 Å². The van der Waals surface area contributed by atoms with E-state index in [0.29, 0.717) is 17.9 Å². The summed E-state index contributed by atoms with van der Waals surface area (Å²) >= 11 is 0. The standard InChI is InChI=1S/C15H26N2O2/c1-10(2)12-16-15(6-7-15)13(18)17(12)11-5-8-19-14(3,4)9-11/h10-12,16H,5-9H2,1-4H3. The van der Waals surface area contributed by atoms with Gasteiger partial charge in [-0.05, 0) is 45.4 Å². The van der Waals surface area contributed by atoms with Crippen LogP contribution in [-0.4, -0.2) is 40.8 Å². The first kappa shape index (κ1) is 13.4. The van der Waals surface area contributed by atoms with Crippen molar-refractivity contribution in [2.24, 2.45) is 5.92 Å². The third-order valence-corrected chi connectivity index (χ3v) is 4.81. The molecule has 0 bridgehead atoms. The molecule has 3 aliphatic rings. The van der Waals surface area contributed by atoms with E-state index in [1.54, 1.807) is 0 Å². The molecule has 4 heteroatoms. The maximum absolute atomic E-state index is 12.7. The van der Waals surface area contributed by atoms with Gasteiger partial charge < -0.3 is 9.64 Å². The van der Waals surface area contributed by atoms with Gasteiger partial charge in [0.15, 0.2) is 0 Å². The van der Waals surface area contributed by atoms with E-state index in [2.05, 4.69) is 37.9 Å². The van der Waals surface area contributed by atoms with Gasteiger partial charge in [-0.25, -0.2) is 0 Å². The molecule has 2 atom stereocenters. The van der Waals surface area contributed by atoms with E-state index in [1.807, 2.05) is 0 Å². The SMILES string of the molecule is CC(C)C1NC2(CC2)C(=O)N1C1CCOC(C)(C)C1. The maximum atomic E-state index is 12.7. The van der Waals surface area contributed by atoms with Gasteiger partial charge in [0, 0.05) is 12.6 Å². The van der Waals surface area contributed by atoms with Crippen LogP contribution in [0.5, 0.6) is 0 Å². The molecule has 1 spiro atoms. The Morgan fingerprint density at radius 2 is 2.05 bits per heavy atom. The topological polar surface area (TPSA) is 41.6 Å². The molecule has 1 saturated carbocycles. The number of nitrogens with one attached hydrogen (secondary N) is 1. The third-order valence-electron chi connectivity index (χ3n) is 4.81. The fraction of sp³-hybridized carbons (Fsp3) is 0.933. The van der Waals surface area contributed by atoms with Crippen molar-refractivity contribution >= 4 is 5.91 Å². The predicted molar refractivity (Wildman–Crippen MR) is 73.6 cm³/mol. The van der Waals surface area contributed by atoms with Gasteiger partial charge in [-0.15, -0.1) is 0 Å². The van der Waals surface area contributed by atoms with Crippen molar-refractivity contribution in [2.75, 3.05) is 6.61 Å². The molecule has 2 aliphatic heterocycles. The Balaban J connectivity index is 1.82. The molecular weight excluding hydrogens is 240 g/mol. The summed E-state index contributed by atoms with van der Waals surface area (Å²) in [5.74, 6) is 0.795. The molecule has 3 fully saturated rings. The van der Waals surface area contributed by atoms with Crippen LogP contribution in [0, 0.1) is 5.92 Å². The first-order valence-corrected chi connectivity index (χ1v) is 7.59. The van der Waals surface area contributed by atoms with Gasteiger partial charge in [-0.1, -0.05) is 13.8 Å². The Morgan fingerprint density at radius 3 is 2.58 bits per heavy atom. The summed E-state index contributed by atoms with van der Waals surface area (Å²) in [6.07, 6.45) is 4.14. The number of carbonyl (C=O) groups is 1. The summed E-state index contributed by atoms with van der Waals surface area (Å²) in [6, 6.07) is 0.330. The lowest BCUT2D eigenvalue weighted by molar-refractivity contribution is -0.140. The fourth-order valence-electron chi connectivity index (χ4n) is 3.59. The highest BCUT2D eigenvalue weighted by Crippen LogP contribution is 2.45. The van der Waals surface area contributed by atoms with Crippen LogP contribution in [0.15, 0.2) is 0 Å². The Kier molecular flexibility index (Phi) is 2.95. The molecule has 0 radical (unpaired) electrons. The lowest BCUT2D eigenvalue weighted by Gasteiger charge is -2.42. The number of hydrogen-bond acceptors (Lipinski definition) is 3. The minimum absolute atomic E-state index is 0.107. The largest absolute Gasteiger partial charge is 0.375 e. The van der Waals surface area contributed by atoms with Crippen LogP contribution in [0.4, 0.5) is 0 Å². The molecule has 2 unspecified atom stereocenters. The van der Waals surface area contributed by atoms with Crippen LogP contribution in [0.25, 0.3) is 0 Å². The number of ether oxygens (including phenoxy) is 1. The number of rotatable bonds is 2. The second kappa shape index (κ2) is 4.19. The molecule has 2 heterocycles. The van der Waals surface area contributed by atoms with E-state index in [-0.39, 0.29) is 17.3 Å². The van der Waals surface area contributed by atoms with E-state index in [1.165, 1.54) is 0 Å². The highest BCUT2D eigenvalue weighted by molar-refractivity contribution is 5.92. The summed E-state index contributed by atoms with van der Waals surface area (Å²) in [4.78, 5) is 14.9. The second-order valence-electron chi connectivity index (χ2n) is 7.38. The van der Waals surface area contributed by atoms with Crippen LogP contribution in [0.1, 0.15) is 53.4 Å². The summed E-state index contributed by atoms with van der Waals surface area (Å²) < 4.78 is 5.80. The molecule has 0 aromatic rings. The molecular formula is C15H26N2O2. The zero-order valence-corrected chi connectivity index (χ0v) is 12.5. The summed E-state index contributed by atoms with van der Waals surface area (Å²) in [5.41, 5.74) is -0.304. The molecule has 3 rings (SSSR count). The molecule has 108 valence electrons. The normalized spacial score (nSPS) is 36.3. The minimum Gasteiger partial charge on any atom is -0.375 e. The lowest BCUT2D eigenvalue weighted by atomic mass is 9.92. The number of carbonyl (C=O) groups excluding carboxylic acids is 1. The zero-order chi connectivity index (χ0) is 13.8. The molecule has 1 amide bonds. The van der Waals surface area contributed by atoms with E-state index in [9.17, 15) is 4.79 Å². The Hall–Kier alpha value is -0.610. The van der Waals surface area contributed by atoms with Gasteiger partial charge >= 0.3 is 0 Å². The van der Waals surface area contributed by atoms with Crippen molar-refractivity contribution in [1.82, 2.24) is 10.2 Å². The van der Waals surface area contributed by atoms with Crippen molar-refractivity contribution in [2.45, 2.75) is 76.7 Å². The molecule has 1 aliphatic carbocycles. The average molecular weight is 266 g/mol. The second-order valence-corrected chi connectivity index (χ2v) is 7.38. The van der Waals surface area contributed by atoms with Crippen LogP contribution >= 0.6 is 0 Å². The van der Waals surface area contributed by atoms with Crippen LogP contribution < -0.4 is 5.32 Å².